The minimum Gasteiger partial charge on any atom is -0.493 e. The zero-order valence-corrected chi connectivity index (χ0v) is 23.5. The third-order valence-corrected chi connectivity index (χ3v) is 7.51. The minimum absolute atomic E-state index is 0.159. The molecule has 0 unspecified atom stereocenters. The van der Waals surface area contributed by atoms with Gasteiger partial charge in [-0.05, 0) is 48.6 Å². The number of benzene rings is 3. The van der Waals surface area contributed by atoms with E-state index < -0.39 is 0 Å². The number of carbonyl (C=O) groups is 1. The predicted molar refractivity (Wildman–Crippen MR) is 165 cm³/mol. The predicted octanol–water partition coefficient (Wildman–Crippen LogP) is 4.90. The maximum absolute atomic E-state index is 12.5. The minimum atomic E-state index is -0.159. The number of nitrogens with zero attached hydrogens (tertiary/aromatic N) is 4. The van der Waals surface area contributed by atoms with Crippen LogP contribution in [-0.2, 0) is 0 Å². The number of fused-ring (bicyclic) bond motifs is 3. The summed E-state index contributed by atoms with van der Waals surface area (Å²) in [6.45, 7) is 2.92. The van der Waals surface area contributed by atoms with Gasteiger partial charge in [0.1, 0.15) is 17.8 Å². The smallest absolute Gasteiger partial charge is 0.255 e. The lowest BCUT2D eigenvalue weighted by Gasteiger charge is -2.37. The van der Waals surface area contributed by atoms with Crippen LogP contribution in [0.25, 0.3) is 21.9 Å². The SMILES string of the molecule is COc1cc2[nH]c3ncnc(N4CCN(C(=S)Nc5cccc(NC(=O)c6ccccc6)c5)CC4)c3c2cc1OC. The molecular formula is C30H29N7O3S. The van der Waals surface area contributed by atoms with Gasteiger partial charge in [-0.3, -0.25) is 4.79 Å². The number of anilines is 3. The molecule has 3 aromatic carbocycles. The van der Waals surface area contributed by atoms with Crippen molar-refractivity contribution in [2.75, 3.05) is 55.9 Å². The number of hydrogen-bond acceptors (Lipinski definition) is 7. The zero-order chi connectivity index (χ0) is 28.3. The average Bonchev–Trinajstić information content (AvgIpc) is 3.38. The highest BCUT2D eigenvalue weighted by Gasteiger charge is 2.24. The molecule has 0 saturated carbocycles. The summed E-state index contributed by atoms with van der Waals surface area (Å²) in [5.41, 5.74) is 3.78. The van der Waals surface area contributed by atoms with Crippen LogP contribution in [0, 0.1) is 0 Å². The fourth-order valence-electron chi connectivity index (χ4n) is 5.07. The van der Waals surface area contributed by atoms with E-state index in [1.807, 2.05) is 54.6 Å². The third kappa shape index (κ3) is 5.31. The van der Waals surface area contributed by atoms with Crippen LogP contribution in [0.15, 0.2) is 73.1 Å². The number of H-pyrrole nitrogens is 1. The first-order valence-corrected chi connectivity index (χ1v) is 13.6. The van der Waals surface area contributed by atoms with Gasteiger partial charge < -0.3 is 34.9 Å². The molecule has 1 saturated heterocycles. The normalized spacial score (nSPS) is 13.3. The molecule has 0 spiro atoms. The molecule has 10 nitrogen and oxygen atoms in total. The van der Waals surface area contributed by atoms with Crippen molar-refractivity contribution >= 4 is 62.4 Å². The maximum atomic E-state index is 12.5. The van der Waals surface area contributed by atoms with Crippen LogP contribution in [0.3, 0.4) is 0 Å². The van der Waals surface area contributed by atoms with Crippen LogP contribution in [0.2, 0.25) is 0 Å². The number of rotatable bonds is 6. The standard InChI is InChI=1S/C30H29N7O3S/c1-39-24-16-22-23(17-25(24)40-2)35-27-26(22)28(32-18-31-27)36-11-13-37(14-12-36)30(41)34-21-10-6-9-20(15-21)33-29(38)19-7-4-3-5-8-19/h3-10,15-18H,11-14H2,1-2H3,(H,33,38)(H,34,41)(H,31,32,35). The second kappa shape index (κ2) is 11.3. The van der Waals surface area contributed by atoms with E-state index in [-0.39, 0.29) is 5.91 Å². The van der Waals surface area contributed by atoms with Gasteiger partial charge in [-0.2, -0.15) is 0 Å². The molecule has 0 atom stereocenters. The van der Waals surface area contributed by atoms with E-state index in [0.29, 0.717) is 27.9 Å². The van der Waals surface area contributed by atoms with Crippen molar-refractivity contribution in [2.24, 2.45) is 0 Å². The van der Waals surface area contributed by atoms with E-state index in [9.17, 15) is 4.79 Å². The maximum Gasteiger partial charge on any atom is 0.255 e. The van der Waals surface area contributed by atoms with Crippen molar-refractivity contribution in [3.63, 3.8) is 0 Å². The first-order chi connectivity index (χ1) is 20.0. The van der Waals surface area contributed by atoms with Crippen LogP contribution in [0.4, 0.5) is 17.2 Å². The van der Waals surface area contributed by atoms with Crippen molar-refractivity contribution in [3.8, 4) is 11.5 Å². The van der Waals surface area contributed by atoms with E-state index in [1.54, 1.807) is 32.7 Å². The first-order valence-electron chi connectivity index (χ1n) is 13.2. The summed E-state index contributed by atoms with van der Waals surface area (Å²) in [6, 6.07) is 20.6. The van der Waals surface area contributed by atoms with E-state index in [4.69, 9.17) is 21.7 Å². The topological polar surface area (TPSA) is 108 Å². The number of ether oxygens (including phenoxy) is 2. The van der Waals surface area contributed by atoms with Crippen molar-refractivity contribution in [2.45, 2.75) is 0 Å². The number of methoxy groups -OCH3 is 2. The summed E-state index contributed by atoms with van der Waals surface area (Å²) < 4.78 is 11.0. The molecule has 11 heteroatoms. The summed E-state index contributed by atoms with van der Waals surface area (Å²) >= 11 is 5.75. The Labute approximate surface area is 242 Å². The number of amides is 1. The molecule has 1 aliphatic heterocycles. The van der Waals surface area contributed by atoms with Crippen LogP contribution in [-0.4, -0.2) is 71.3 Å². The number of piperazine rings is 1. The molecule has 3 N–H and O–H groups in total. The van der Waals surface area contributed by atoms with Gasteiger partial charge in [0, 0.05) is 54.6 Å². The van der Waals surface area contributed by atoms with E-state index in [2.05, 4.69) is 35.4 Å². The lowest BCUT2D eigenvalue weighted by atomic mass is 10.1. The quantitative estimate of drug-likeness (QED) is 0.247. The van der Waals surface area contributed by atoms with Crippen LogP contribution >= 0.6 is 12.2 Å². The number of thiocarbonyl (C=S) groups is 1. The van der Waals surface area contributed by atoms with Crippen LogP contribution in [0.1, 0.15) is 10.4 Å². The van der Waals surface area contributed by atoms with Crippen molar-refractivity contribution in [1.29, 1.82) is 0 Å². The molecule has 0 aliphatic carbocycles. The summed E-state index contributed by atoms with van der Waals surface area (Å²) in [5.74, 6) is 2.02. The largest absolute Gasteiger partial charge is 0.493 e. The Morgan fingerprint density at radius 2 is 1.59 bits per heavy atom. The molecule has 1 aliphatic rings. The molecular weight excluding hydrogens is 538 g/mol. The molecule has 2 aromatic heterocycles. The third-order valence-electron chi connectivity index (χ3n) is 7.15. The Morgan fingerprint density at radius 1 is 0.878 bits per heavy atom. The van der Waals surface area contributed by atoms with Crippen LogP contribution in [0.5, 0.6) is 11.5 Å². The molecule has 0 bridgehead atoms. The van der Waals surface area contributed by atoms with Gasteiger partial charge in [-0.1, -0.05) is 24.3 Å². The summed E-state index contributed by atoms with van der Waals surface area (Å²) in [6.07, 6.45) is 1.59. The molecule has 1 amide bonds. The van der Waals surface area contributed by atoms with E-state index >= 15 is 0 Å². The molecule has 1 fully saturated rings. The number of nitrogens with one attached hydrogen (secondary N) is 3. The van der Waals surface area contributed by atoms with E-state index in [1.165, 1.54) is 0 Å². The molecule has 0 radical (unpaired) electrons. The Hall–Kier alpha value is -4.90. The summed E-state index contributed by atoms with van der Waals surface area (Å²) in [4.78, 5) is 29.5. The molecule has 6 rings (SSSR count). The highest BCUT2D eigenvalue weighted by atomic mass is 32.1. The highest BCUT2D eigenvalue weighted by molar-refractivity contribution is 7.80. The lowest BCUT2D eigenvalue weighted by Crippen LogP contribution is -2.50. The van der Waals surface area contributed by atoms with Gasteiger partial charge in [0.2, 0.25) is 0 Å². The molecule has 3 heterocycles. The van der Waals surface area contributed by atoms with Gasteiger partial charge in [0.25, 0.3) is 5.91 Å². The second-order valence-electron chi connectivity index (χ2n) is 9.60. The van der Waals surface area contributed by atoms with Gasteiger partial charge in [-0.15, -0.1) is 0 Å². The van der Waals surface area contributed by atoms with Gasteiger partial charge >= 0.3 is 0 Å². The zero-order valence-electron chi connectivity index (χ0n) is 22.7. The number of hydrogen-bond donors (Lipinski definition) is 3. The summed E-state index contributed by atoms with van der Waals surface area (Å²) in [5, 5.41) is 8.83. The van der Waals surface area contributed by atoms with Gasteiger partial charge in [0.15, 0.2) is 16.6 Å². The lowest BCUT2D eigenvalue weighted by molar-refractivity contribution is 0.102. The van der Waals surface area contributed by atoms with Crippen molar-refractivity contribution in [3.05, 3.63) is 78.6 Å². The average molecular weight is 568 g/mol. The highest BCUT2D eigenvalue weighted by Crippen LogP contribution is 2.38. The van der Waals surface area contributed by atoms with Crippen LogP contribution < -0.4 is 25.0 Å². The second-order valence-corrected chi connectivity index (χ2v) is 9.99. The van der Waals surface area contributed by atoms with E-state index in [0.717, 1.165) is 59.6 Å². The van der Waals surface area contributed by atoms with Crippen molar-refractivity contribution < 1.29 is 14.3 Å². The molecule has 5 aromatic rings. The van der Waals surface area contributed by atoms with Gasteiger partial charge in [-0.25, -0.2) is 9.97 Å². The fourth-order valence-corrected chi connectivity index (χ4v) is 5.37. The Kier molecular flexibility index (Phi) is 7.26. The molecule has 41 heavy (non-hydrogen) atoms. The first kappa shape index (κ1) is 26.3. The van der Waals surface area contributed by atoms with Gasteiger partial charge in [0.05, 0.1) is 25.1 Å². The Morgan fingerprint density at radius 3 is 2.32 bits per heavy atom. The fraction of sp³-hybridized carbons (Fsp3) is 0.200. The Bertz CT molecular complexity index is 1730. The van der Waals surface area contributed by atoms with Crippen molar-refractivity contribution in [1.82, 2.24) is 19.9 Å². The monoisotopic (exact) mass is 567 g/mol. The number of aromatic amines is 1. The summed E-state index contributed by atoms with van der Waals surface area (Å²) in [7, 11) is 3.25. The number of carbonyl (C=O) groups excluding carboxylic acids is 1. The molecule has 208 valence electrons. The number of aromatic nitrogens is 3. The Balaban J connectivity index is 1.14.